The Morgan fingerprint density at radius 1 is 1.33 bits per heavy atom. The summed E-state index contributed by atoms with van der Waals surface area (Å²) < 4.78 is 0. The monoisotopic (exact) mass is 243 g/mol. The van der Waals surface area contributed by atoms with Gasteiger partial charge in [-0.2, -0.15) is 0 Å². The number of nitrogens with one attached hydrogen (secondary N) is 1. The second kappa shape index (κ2) is 5.49. The number of anilines is 1. The highest BCUT2D eigenvalue weighted by Gasteiger charge is 2.04. The van der Waals surface area contributed by atoms with E-state index in [1.54, 1.807) is 0 Å². The minimum atomic E-state index is 0.223. The van der Waals surface area contributed by atoms with Crippen LogP contribution >= 0.6 is 0 Å². The lowest BCUT2D eigenvalue weighted by Crippen LogP contribution is -2.06. The van der Waals surface area contributed by atoms with Crippen LogP contribution in [0.5, 0.6) is 0 Å². The molecule has 0 spiro atoms. The molecule has 0 aliphatic heterocycles. The number of aryl methyl sites for hydroxylation is 1. The first kappa shape index (κ1) is 12.4. The van der Waals surface area contributed by atoms with Crippen LogP contribution < -0.4 is 5.32 Å². The first-order chi connectivity index (χ1) is 8.66. The van der Waals surface area contributed by atoms with Gasteiger partial charge in [-0.05, 0) is 25.5 Å². The first-order valence-electron chi connectivity index (χ1n) is 6.01. The van der Waals surface area contributed by atoms with E-state index in [2.05, 4.69) is 21.9 Å². The number of para-hydroxylation sites is 1. The molecule has 0 aliphatic carbocycles. The molecule has 0 amide bonds. The Morgan fingerprint density at radius 3 is 2.89 bits per heavy atom. The lowest BCUT2D eigenvalue weighted by Gasteiger charge is -2.09. The van der Waals surface area contributed by atoms with Gasteiger partial charge < -0.3 is 10.4 Å². The number of aromatic nitrogens is 2. The van der Waals surface area contributed by atoms with Crippen LogP contribution in [0.3, 0.4) is 0 Å². The topological polar surface area (TPSA) is 58.0 Å². The lowest BCUT2D eigenvalue weighted by molar-refractivity contribution is 0.388. The standard InChI is InChI=1S/C14H17N3O/c1-10(18)6-5-9-15-14-12-7-3-4-8-13(12)16-11(2)17-14/h3-4,7-8,18H,1,5-6,9H2,2H3,(H,15,16,17). The maximum absolute atomic E-state index is 9.02. The Kier molecular flexibility index (Phi) is 3.77. The highest BCUT2D eigenvalue weighted by Crippen LogP contribution is 2.19. The Balaban J connectivity index is 2.14. The van der Waals surface area contributed by atoms with E-state index in [0.29, 0.717) is 6.42 Å². The lowest BCUT2D eigenvalue weighted by atomic mass is 10.2. The number of benzene rings is 1. The van der Waals surface area contributed by atoms with E-state index < -0.39 is 0 Å². The quantitative estimate of drug-likeness (QED) is 0.625. The summed E-state index contributed by atoms with van der Waals surface area (Å²) >= 11 is 0. The van der Waals surface area contributed by atoms with Gasteiger partial charge in [0.15, 0.2) is 0 Å². The normalized spacial score (nSPS) is 10.5. The fourth-order valence-electron chi connectivity index (χ4n) is 1.83. The van der Waals surface area contributed by atoms with Crippen molar-refractivity contribution in [1.29, 1.82) is 0 Å². The van der Waals surface area contributed by atoms with Gasteiger partial charge in [0.2, 0.25) is 0 Å². The van der Waals surface area contributed by atoms with Crippen LogP contribution in [-0.2, 0) is 0 Å². The molecule has 1 heterocycles. The molecule has 0 fully saturated rings. The van der Waals surface area contributed by atoms with Crippen molar-refractivity contribution in [3.63, 3.8) is 0 Å². The van der Waals surface area contributed by atoms with Gasteiger partial charge in [-0.15, -0.1) is 0 Å². The van der Waals surface area contributed by atoms with Crippen LogP contribution in [0.25, 0.3) is 10.9 Å². The molecule has 0 atom stereocenters. The molecule has 0 unspecified atom stereocenters. The number of hydrogen-bond donors (Lipinski definition) is 2. The summed E-state index contributed by atoms with van der Waals surface area (Å²) in [5.74, 6) is 1.82. The molecule has 18 heavy (non-hydrogen) atoms. The zero-order chi connectivity index (χ0) is 13.0. The van der Waals surface area contributed by atoms with Crippen LogP contribution in [0.1, 0.15) is 18.7 Å². The molecule has 0 bridgehead atoms. The zero-order valence-corrected chi connectivity index (χ0v) is 10.5. The number of fused-ring (bicyclic) bond motifs is 1. The maximum atomic E-state index is 9.02. The number of aliphatic hydroxyl groups excluding tert-OH is 1. The van der Waals surface area contributed by atoms with Crippen LogP contribution in [-0.4, -0.2) is 21.6 Å². The van der Waals surface area contributed by atoms with E-state index in [4.69, 9.17) is 5.11 Å². The molecule has 94 valence electrons. The summed E-state index contributed by atoms with van der Waals surface area (Å²) in [4.78, 5) is 8.80. The van der Waals surface area contributed by atoms with Crippen LogP contribution in [0, 0.1) is 6.92 Å². The maximum Gasteiger partial charge on any atom is 0.137 e. The smallest absolute Gasteiger partial charge is 0.137 e. The molecule has 1 aromatic carbocycles. The van der Waals surface area contributed by atoms with Gasteiger partial charge in [-0.3, -0.25) is 0 Å². The summed E-state index contributed by atoms with van der Waals surface area (Å²) in [6.45, 7) is 6.10. The molecule has 0 aliphatic rings. The van der Waals surface area contributed by atoms with Crippen molar-refractivity contribution >= 4 is 16.7 Å². The zero-order valence-electron chi connectivity index (χ0n) is 10.5. The van der Waals surface area contributed by atoms with Gasteiger partial charge >= 0.3 is 0 Å². The third-order valence-corrected chi connectivity index (χ3v) is 2.65. The average Bonchev–Trinajstić information content (AvgIpc) is 2.34. The van der Waals surface area contributed by atoms with Gasteiger partial charge in [0.1, 0.15) is 11.6 Å². The fourth-order valence-corrected chi connectivity index (χ4v) is 1.83. The Hall–Kier alpha value is -2.10. The molecule has 0 saturated heterocycles. The minimum absolute atomic E-state index is 0.223. The summed E-state index contributed by atoms with van der Waals surface area (Å²) in [6.07, 6.45) is 1.43. The number of nitrogens with zero attached hydrogens (tertiary/aromatic N) is 2. The van der Waals surface area contributed by atoms with E-state index in [-0.39, 0.29) is 5.76 Å². The molecule has 4 heteroatoms. The fraction of sp³-hybridized carbons (Fsp3) is 0.286. The highest BCUT2D eigenvalue weighted by molar-refractivity contribution is 5.88. The van der Waals surface area contributed by atoms with Gasteiger partial charge in [-0.1, -0.05) is 18.7 Å². The van der Waals surface area contributed by atoms with Crippen molar-refractivity contribution in [2.75, 3.05) is 11.9 Å². The molecule has 1 aromatic heterocycles. The molecule has 4 nitrogen and oxygen atoms in total. The van der Waals surface area contributed by atoms with E-state index in [0.717, 1.165) is 35.5 Å². The molecular weight excluding hydrogens is 226 g/mol. The number of rotatable bonds is 5. The summed E-state index contributed by atoms with van der Waals surface area (Å²) in [5, 5.41) is 13.3. The third kappa shape index (κ3) is 2.97. The van der Waals surface area contributed by atoms with E-state index in [9.17, 15) is 0 Å². The van der Waals surface area contributed by atoms with Crippen molar-refractivity contribution < 1.29 is 5.11 Å². The first-order valence-corrected chi connectivity index (χ1v) is 6.01. The van der Waals surface area contributed by atoms with Crippen molar-refractivity contribution in [2.45, 2.75) is 19.8 Å². The van der Waals surface area contributed by atoms with Crippen LogP contribution in [0.2, 0.25) is 0 Å². The Morgan fingerprint density at radius 2 is 2.11 bits per heavy atom. The highest BCUT2D eigenvalue weighted by atomic mass is 16.3. The molecular formula is C14H17N3O. The second-order valence-electron chi connectivity index (χ2n) is 4.23. The predicted molar refractivity (Wildman–Crippen MR) is 73.8 cm³/mol. The molecule has 2 rings (SSSR count). The van der Waals surface area contributed by atoms with Crippen molar-refractivity contribution in [2.24, 2.45) is 0 Å². The molecule has 0 radical (unpaired) electrons. The van der Waals surface area contributed by atoms with Gasteiger partial charge in [0.05, 0.1) is 11.3 Å². The van der Waals surface area contributed by atoms with E-state index in [1.165, 1.54) is 0 Å². The second-order valence-corrected chi connectivity index (χ2v) is 4.23. The molecule has 2 N–H and O–H groups in total. The van der Waals surface area contributed by atoms with Crippen molar-refractivity contribution in [3.05, 3.63) is 42.4 Å². The molecule has 0 saturated carbocycles. The largest absolute Gasteiger partial charge is 0.513 e. The number of hydrogen-bond acceptors (Lipinski definition) is 4. The minimum Gasteiger partial charge on any atom is -0.513 e. The van der Waals surface area contributed by atoms with Crippen molar-refractivity contribution in [3.8, 4) is 0 Å². The van der Waals surface area contributed by atoms with Gasteiger partial charge in [0, 0.05) is 18.4 Å². The summed E-state index contributed by atoms with van der Waals surface area (Å²) in [7, 11) is 0. The third-order valence-electron chi connectivity index (χ3n) is 2.65. The molecule has 2 aromatic rings. The van der Waals surface area contributed by atoms with Gasteiger partial charge in [0.25, 0.3) is 0 Å². The van der Waals surface area contributed by atoms with Crippen LogP contribution in [0.4, 0.5) is 5.82 Å². The number of aliphatic hydroxyl groups is 1. The van der Waals surface area contributed by atoms with E-state index in [1.807, 2.05) is 31.2 Å². The number of allylic oxidation sites excluding steroid dienone is 1. The van der Waals surface area contributed by atoms with Gasteiger partial charge in [-0.25, -0.2) is 9.97 Å². The average molecular weight is 243 g/mol. The Bertz CT molecular complexity index is 566. The Labute approximate surface area is 106 Å². The summed E-state index contributed by atoms with van der Waals surface area (Å²) in [5.41, 5.74) is 0.944. The summed E-state index contributed by atoms with van der Waals surface area (Å²) in [6, 6.07) is 7.92. The van der Waals surface area contributed by atoms with E-state index >= 15 is 0 Å². The predicted octanol–water partition coefficient (Wildman–Crippen LogP) is 3.20. The van der Waals surface area contributed by atoms with Crippen molar-refractivity contribution in [1.82, 2.24) is 9.97 Å². The SMILES string of the molecule is C=C(O)CCCNc1nc(C)nc2ccccc12. The van der Waals surface area contributed by atoms with Crippen LogP contribution in [0.15, 0.2) is 36.6 Å².